The van der Waals surface area contributed by atoms with Gasteiger partial charge in [0.1, 0.15) is 5.78 Å². The van der Waals surface area contributed by atoms with Gasteiger partial charge in [0.05, 0.1) is 0 Å². The number of Topliss-reactive ketones (excluding diaryl/α,β-unsaturated/α-hetero) is 1. The van der Waals surface area contributed by atoms with Crippen molar-refractivity contribution < 1.29 is 9.22 Å². The van der Waals surface area contributed by atoms with E-state index >= 15 is 0 Å². The minimum absolute atomic E-state index is 0.0478. The molecule has 4 saturated carbocycles. The maximum atomic E-state index is 12.5. The van der Waals surface area contributed by atoms with Crippen molar-refractivity contribution in [3.8, 4) is 0 Å². The van der Waals surface area contributed by atoms with Crippen LogP contribution in [-0.4, -0.2) is 20.2 Å². The van der Waals surface area contributed by atoms with Crippen LogP contribution in [0.4, 0.5) is 0 Å². The Morgan fingerprint density at radius 1 is 0.958 bits per heavy atom. The van der Waals surface area contributed by atoms with E-state index in [2.05, 4.69) is 26.6 Å². The average Bonchev–Trinajstić information content (AvgIpc) is 2.81. The molecule has 7 unspecified atom stereocenters. The van der Waals surface area contributed by atoms with Crippen LogP contribution < -0.4 is 0 Å². The van der Waals surface area contributed by atoms with Gasteiger partial charge in [0.15, 0.2) is 8.32 Å². The monoisotopic (exact) mass is 348 g/mol. The minimum atomic E-state index is -1.41. The van der Waals surface area contributed by atoms with Crippen molar-refractivity contribution >= 4 is 14.1 Å². The molecule has 4 aliphatic carbocycles. The molecule has 0 N–H and O–H groups in total. The van der Waals surface area contributed by atoms with Crippen LogP contribution in [0.5, 0.6) is 0 Å². The highest BCUT2D eigenvalue weighted by atomic mass is 28.4. The first kappa shape index (κ1) is 17.3. The Bertz CT molecular complexity index is 510. The molecule has 0 spiro atoms. The van der Waals surface area contributed by atoms with Gasteiger partial charge in [-0.25, -0.2) is 0 Å². The van der Waals surface area contributed by atoms with E-state index in [9.17, 15) is 4.79 Å². The first-order valence-corrected chi connectivity index (χ1v) is 13.9. The van der Waals surface area contributed by atoms with Crippen LogP contribution in [0, 0.1) is 35.0 Å². The normalized spacial score (nSPS) is 48.6. The van der Waals surface area contributed by atoms with E-state index in [1.807, 2.05) is 0 Å². The largest absolute Gasteiger partial charge is 0.415 e. The van der Waals surface area contributed by atoms with E-state index in [4.69, 9.17) is 4.43 Å². The number of carbonyl (C=O) groups excluding carboxylic acids is 1. The van der Waals surface area contributed by atoms with E-state index in [0.717, 1.165) is 30.1 Å². The molecule has 4 fully saturated rings. The Morgan fingerprint density at radius 2 is 1.71 bits per heavy atom. The Kier molecular flexibility index (Phi) is 4.27. The minimum Gasteiger partial charge on any atom is -0.415 e. The molecule has 2 nitrogen and oxygen atoms in total. The van der Waals surface area contributed by atoms with Crippen LogP contribution >= 0.6 is 0 Å². The number of ketones is 1. The van der Waals surface area contributed by atoms with Gasteiger partial charge in [-0.3, -0.25) is 4.79 Å². The maximum absolute atomic E-state index is 12.5. The maximum Gasteiger partial charge on any atom is 0.184 e. The Balaban J connectivity index is 1.46. The second kappa shape index (κ2) is 5.94. The summed E-state index contributed by atoms with van der Waals surface area (Å²) in [5.41, 5.74) is 0.0478. The summed E-state index contributed by atoms with van der Waals surface area (Å²) in [5, 5.41) is 0. The fourth-order valence-corrected chi connectivity index (χ4v) is 8.40. The predicted molar refractivity (Wildman–Crippen MR) is 100 cm³/mol. The quantitative estimate of drug-likeness (QED) is 0.622. The molecule has 24 heavy (non-hydrogen) atoms. The van der Waals surface area contributed by atoms with Crippen LogP contribution in [0.25, 0.3) is 0 Å². The summed E-state index contributed by atoms with van der Waals surface area (Å²) in [5.74, 6) is 4.90. The van der Waals surface area contributed by atoms with Gasteiger partial charge in [-0.05, 0) is 101 Å². The zero-order chi connectivity index (χ0) is 17.1. The third kappa shape index (κ3) is 2.84. The fraction of sp³-hybridized carbons (Fsp3) is 0.952. The Hall–Kier alpha value is -0.153. The average molecular weight is 349 g/mol. The standard InChI is InChI=1S/C21H36O2Si/c1-21-12-11-17-16-8-6-15(23-24(2,3)4)13-14(16)5-7-18(17)19(21)9-10-20(21)22/h14-19H,5-13H2,1-4H3. The lowest BCUT2D eigenvalue weighted by molar-refractivity contribution is -0.133. The second-order valence-corrected chi connectivity index (χ2v) is 15.0. The zero-order valence-corrected chi connectivity index (χ0v) is 17.1. The highest BCUT2D eigenvalue weighted by molar-refractivity contribution is 6.69. The summed E-state index contributed by atoms with van der Waals surface area (Å²) in [4.78, 5) is 12.5. The lowest BCUT2D eigenvalue weighted by Gasteiger charge is -2.55. The number of rotatable bonds is 2. The van der Waals surface area contributed by atoms with Crippen LogP contribution in [0.1, 0.15) is 64.7 Å². The zero-order valence-electron chi connectivity index (χ0n) is 16.1. The van der Waals surface area contributed by atoms with Crippen molar-refractivity contribution in [3.63, 3.8) is 0 Å². The third-order valence-electron chi connectivity index (χ3n) is 8.14. The molecule has 0 aromatic rings. The summed E-state index contributed by atoms with van der Waals surface area (Å²) in [7, 11) is -1.41. The molecule has 0 aromatic carbocycles. The molecule has 0 aromatic heterocycles. The smallest absolute Gasteiger partial charge is 0.184 e. The topological polar surface area (TPSA) is 26.3 Å². The summed E-state index contributed by atoms with van der Waals surface area (Å²) in [6.07, 6.45) is 11.9. The number of hydrogen-bond acceptors (Lipinski definition) is 2. The first-order chi connectivity index (χ1) is 11.3. The summed E-state index contributed by atoms with van der Waals surface area (Å²) >= 11 is 0. The van der Waals surface area contributed by atoms with Crippen molar-refractivity contribution in [2.24, 2.45) is 35.0 Å². The van der Waals surface area contributed by atoms with Crippen LogP contribution in [0.2, 0.25) is 19.6 Å². The molecule has 0 radical (unpaired) electrons. The Morgan fingerprint density at radius 3 is 2.46 bits per heavy atom. The molecular weight excluding hydrogens is 312 g/mol. The van der Waals surface area contributed by atoms with Crippen molar-refractivity contribution in [3.05, 3.63) is 0 Å². The molecule has 136 valence electrons. The van der Waals surface area contributed by atoms with Crippen molar-refractivity contribution in [2.75, 3.05) is 0 Å². The molecule has 4 rings (SSSR count). The van der Waals surface area contributed by atoms with E-state index in [1.54, 1.807) is 0 Å². The van der Waals surface area contributed by atoms with Gasteiger partial charge in [-0.15, -0.1) is 0 Å². The van der Waals surface area contributed by atoms with Gasteiger partial charge in [0, 0.05) is 17.9 Å². The molecule has 4 aliphatic rings. The van der Waals surface area contributed by atoms with Crippen LogP contribution in [0.15, 0.2) is 0 Å². The van der Waals surface area contributed by atoms with Gasteiger partial charge in [0.25, 0.3) is 0 Å². The predicted octanol–water partition coefficient (Wildman–Crippen LogP) is 5.43. The second-order valence-electron chi connectivity index (χ2n) is 10.5. The van der Waals surface area contributed by atoms with Crippen molar-refractivity contribution in [1.29, 1.82) is 0 Å². The first-order valence-electron chi connectivity index (χ1n) is 10.5. The molecule has 0 amide bonds. The van der Waals surface area contributed by atoms with Gasteiger partial charge < -0.3 is 4.43 Å². The molecule has 3 heteroatoms. The van der Waals surface area contributed by atoms with Crippen LogP contribution in [-0.2, 0) is 9.22 Å². The number of carbonyl (C=O) groups is 1. The summed E-state index contributed by atoms with van der Waals surface area (Å²) in [6.45, 7) is 9.28. The molecule has 0 bridgehead atoms. The van der Waals surface area contributed by atoms with Gasteiger partial charge in [-0.2, -0.15) is 0 Å². The van der Waals surface area contributed by atoms with E-state index < -0.39 is 8.32 Å². The summed E-state index contributed by atoms with van der Waals surface area (Å²) < 4.78 is 6.46. The third-order valence-corrected chi connectivity index (χ3v) is 9.18. The van der Waals surface area contributed by atoms with Gasteiger partial charge in [0.2, 0.25) is 0 Å². The summed E-state index contributed by atoms with van der Waals surface area (Å²) in [6, 6.07) is 0. The van der Waals surface area contributed by atoms with Gasteiger partial charge >= 0.3 is 0 Å². The number of fused-ring (bicyclic) bond motifs is 5. The van der Waals surface area contributed by atoms with Gasteiger partial charge in [-0.1, -0.05) is 6.92 Å². The highest BCUT2D eigenvalue weighted by Gasteiger charge is 2.56. The van der Waals surface area contributed by atoms with Crippen molar-refractivity contribution in [2.45, 2.75) is 90.5 Å². The van der Waals surface area contributed by atoms with E-state index in [-0.39, 0.29) is 5.41 Å². The molecular formula is C21H36O2Si. The fourth-order valence-electron chi connectivity index (χ4n) is 7.19. The lowest BCUT2D eigenvalue weighted by Crippen LogP contribution is -2.49. The molecule has 7 atom stereocenters. The molecule has 0 saturated heterocycles. The van der Waals surface area contributed by atoms with E-state index in [1.165, 1.54) is 51.4 Å². The molecule has 0 heterocycles. The Labute approximate surface area is 149 Å². The molecule has 0 aliphatic heterocycles. The SMILES string of the molecule is CC12CCC3C4CCC(O[Si](C)(C)C)CC4CCC3C1CCC2=O. The highest BCUT2D eigenvalue weighted by Crippen LogP contribution is 2.61. The van der Waals surface area contributed by atoms with Crippen molar-refractivity contribution in [1.82, 2.24) is 0 Å². The van der Waals surface area contributed by atoms with E-state index in [0.29, 0.717) is 17.8 Å². The number of hydrogen-bond donors (Lipinski definition) is 0. The van der Waals surface area contributed by atoms with Crippen LogP contribution in [0.3, 0.4) is 0 Å². The lowest BCUT2D eigenvalue weighted by atomic mass is 9.50.